The molecule has 2 aliphatic rings. The number of rotatable bonds is 6. The lowest BCUT2D eigenvalue weighted by Crippen LogP contribution is -2.45. The number of para-hydroxylation sites is 1. The molecule has 7 nitrogen and oxygen atoms in total. The lowest BCUT2D eigenvalue weighted by atomic mass is 9.93. The van der Waals surface area contributed by atoms with Crippen molar-refractivity contribution in [1.82, 2.24) is 4.90 Å². The first kappa shape index (κ1) is 20.9. The van der Waals surface area contributed by atoms with Gasteiger partial charge in [-0.15, -0.1) is 0 Å². The van der Waals surface area contributed by atoms with Crippen molar-refractivity contribution in [3.05, 3.63) is 54.6 Å². The van der Waals surface area contributed by atoms with E-state index in [9.17, 15) is 14.4 Å². The van der Waals surface area contributed by atoms with Crippen molar-refractivity contribution in [1.29, 1.82) is 0 Å². The van der Waals surface area contributed by atoms with Crippen LogP contribution in [0, 0.1) is 0 Å². The number of amides is 4. The van der Waals surface area contributed by atoms with Crippen molar-refractivity contribution in [2.45, 2.75) is 50.6 Å². The number of nitrogens with one attached hydrogen (secondary N) is 1. The van der Waals surface area contributed by atoms with Crippen LogP contribution in [0.3, 0.4) is 0 Å². The van der Waals surface area contributed by atoms with Crippen LogP contribution in [-0.4, -0.2) is 41.9 Å². The van der Waals surface area contributed by atoms with Crippen LogP contribution in [0.5, 0.6) is 5.75 Å². The number of hydrogen-bond acceptors (Lipinski definition) is 4. The van der Waals surface area contributed by atoms with Gasteiger partial charge in [0.05, 0.1) is 19.2 Å². The summed E-state index contributed by atoms with van der Waals surface area (Å²) in [6.07, 6.45) is 4.84. The van der Waals surface area contributed by atoms with Gasteiger partial charge >= 0.3 is 6.03 Å². The van der Waals surface area contributed by atoms with Crippen molar-refractivity contribution < 1.29 is 19.1 Å². The molecule has 162 valence electrons. The molecule has 0 spiro atoms. The van der Waals surface area contributed by atoms with Gasteiger partial charge in [-0.05, 0) is 49.2 Å². The Kier molecular flexibility index (Phi) is 6.21. The molecule has 1 N–H and O–H groups in total. The fraction of sp³-hybridized carbons (Fsp3) is 0.375. The van der Waals surface area contributed by atoms with Gasteiger partial charge in [-0.25, -0.2) is 9.69 Å². The largest absolute Gasteiger partial charge is 0.497 e. The highest BCUT2D eigenvalue weighted by molar-refractivity contribution is 6.22. The van der Waals surface area contributed by atoms with Gasteiger partial charge in [0.25, 0.3) is 5.91 Å². The average molecular weight is 421 g/mol. The Morgan fingerprint density at radius 3 is 2.32 bits per heavy atom. The monoisotopic (exact) mass is 421 g/mol. The summed E-state index contributed by atoms with van der Waals surface area (Å²) in [6.45, 7) is 0. The number of anilines is 2. The van der Waals surface area contributed by atoms with Crippen molar-refractivity contribution in [2.24, 2.45) is 0 Å². The number of imide groups is 1. The highest BCUT2D eigenvalue weighted by Gasteiger charge is 2.49. The van der Waals surface area contributed by atoms with E-state index in [2.05, 4.69) is 5.32 Å². The standard InChI is InChI=1S/C24H27N3O4/c1-31-20-14-12-17(13-15-20)25-22(28)16-21-23(29)27(19-10-6-3-7-11-19)24(30)26(21)18-8-4-2-5-9-18/h3,6-7,10-15,18,21H,2,4-5,8-9,16H2,1H3,(H,25,28). The Morgan fingerprint density at radius 1 is 1.00 bits per heavy atom. The van der Waals surface area contributed by atoms with E-state index in [1.807, 2.05) is 6.07 Å². The molecule has 0 radical (unpaired) electrons. The molecule has 2 aromatic carbocycles. The topological polar surface area (TPSA) is 79.0 Å². The van der Waals surface area contributed by atoms with E-state index < -0.39 is 6.04 Å². The van der Waals surface area contributed by atoms with Crippen molar-refractivity contribution >= 4 is 29.2 Å². The number of carbonyl (C=O) groups is 3. The Balaban J connectivity index is 1.55. The summed E-state index contributed by atoms with van der Waals surface area (Å²) in [5.74, 6) is 0.0511. The molecule has 1 saturated heterocycles. The number of ether oxygens (including phenoxy) is 1. The predicted octanol–water partition coefficient (Wildman–Crippen LogP) is 4.19. The summed E-state index contributed by atoms with van der Waals surface area (Å²) < 4.78 is 5.14. The summed E-state index contributed by atoms with van der Waals surface area (Å²) in [6, 6.07) is 14.8. The lowest BCUT2D eigenvalue weighted by Gasteiger charge is -2.33. The first-order valence-corrected chi connectivity index (χ1v) is 10.7. The van der Waals surface area contributed by atoms with Crippen LogP contribution >= 0.6 is 0 Å². The van der Waals surface area contributed by atoms with Crippen LogP contribution < -0.4 is 15.0 Å². The van der Waals surface area contributed by atoms with Crippen molar-refractivity contribution in [3.8, 4) is 5.75 Å². The molecule has 2 aromatic rings. The molecule has 0 bridgehead atoms. The van der Waals surface area contributed by atoms with Crippen LogP contribution in [-0.2, 0) is 9.59 Å². The molecule has 4 amide bonds. The molecule has 1 unspecified atom stereocenters. The van der Waals surface area contributed by atoms with Gasteiger partial charge in [0.1, 0.15) is 11.8 Å². The van der Waals surface area contributed by atoms with E-state index in [0.29, 0.717) is 17.1 Å². The molecule has 0 aromatic heterocycles. The minimum Gasteiger partial charge on any atom is -0.497 e. The van der Waals surface area contributed by atoms with Crippen LogP contribution in [0.25, 0.3) is 0 Å². The van der Waals surface area contributed by atoms with Gasteiger partial charge in [0.15, 0.2) is 0 Å². The maximum Gasteiger partial charge on any atom is 0.332 e. The molecule has 1 aliphatic heterocycles. The SMILES string of the molecule is COc1ccc(NC(=O)CC2C(=O)N(c3ccccc3)C(=O)N2C2CCCCC2)cc1. The molecule has 7 heteroatoms. The summed E-state index contributed by atoms with van der Waals surface area (Å²) >= 11 is 0. The van der Waals surface area contributed by atoms with Gasteiger partial charge in [0, 0.05) is 11.7 Å². The number of carbonyl (C=O) groups excluding carboxylic acids is 3. The summed E-state index contributed by atoms with van der Waals surface area (Å²) in [5.41, 5.74) is 1.16. The Bertz CT molecular complexity index is 939. The number of benzene rings is 2. The molecule has 1 atom stereocenters. The first-order valence-electron chi connectivity index (χ1n) is 10.7. The van der Waals surface area contributed by atoms with Crippen LogP contribution in [0.2, 0.25) is 0 Å². The van der Waals surface area contributed by atoms with Crippen LogP contribution in [0.15, 0.2) is 54.6 Å². The van der Waals surface area contributed by atoms with E-state index in [1.54, 1.807) is 60.5 Å². The van der Waals surface area contributed by atoms with Gasteiger partial charge in [-0.3, -0.25) is 9.59 Å². The predicted molar refractivity (Wildman–Crippen MR) is 118 cm³/mol. The van der Waals surface area contributed by atoms with E-state index in [0.717, 1.165) is 32.1 Å². The van der Waals surface area contributed by atoms with Crippen molar-refractivity contribution in [3.63, 3.8) is 0 Å². The molecular weight excluding hydrogens is 394 g/mol. The quantitative estimate of drug-likeness (QED) is 0.709. The van der Waals surface area contributed by atoms with E-state index in [1.165, 1.54) is 4.90 Å². The number of hydrogen-bond donors (Lipinski definition) is 1. The van der Waals surface area contributed by atoms with E-state index in [-0.39, 0.29) is 30.3 Å². The summed E-state index contributed by atoms with van der Waals surface area (Å²) in [7, 11) is 1.58. The molecule has 1 heterocycles. The summed E-state index contributed by atoms with van der Waals surface area (Å²) in [4.78, 5) is 42.3. The van der Waals surface area contributed by atoms with Gasteiger partial charge in [-0.1, -0.05) is 37.5 Å². The Hall–Kier alpha value is -3.35. The van der Waals surface area contributed by atoms with Gasteiger partial charge in [0.2, 0.25) is 5.91 Å². The minimum atomic E-state index is -0.797. The number of methoxy groups -OCH3 is 1. The average Bonchev–Trinajstić information content (AvgIpc) is 3.04. The molecule has 1 aliphatic carbocycles. The molecule has 2 fully saturated rings. The fourth-order valence-corrected chi connectivity index (χ4v) is 4.44. The highest BCUT2D eigenvalue weighted by Crippen LogP contribution is 2.33. The highest BCUT2D eigenvalue weighted by atomic mass is 16.5. The smallest absolute Gasteiger partial charge is 0.332 e. The second-order valence-corrected chi connectivity index (χ2v) is 7.99. The van der Waals surface area contributed by atoms with E-state index >= 15 is 0 Å². The maximum atomic E-state index is 13.3. The fourth-order valence-electron chi connectivity index (χ4n) is 4.44. The Morgan fingerprint density at radius 2 is 1.68 bits per heavy atom. The van der Waals surface area contributed by atoms with Gasteiger partial charge in [-0.2, -0.15) is 0 Å². The second-order valence-electron chi connectivity index (χ2n) is 7.99. The van der Waals surface area contributed by atoms with Crippen LogP contribution in [0.1, 0.15) is 38.5 Å². The minimum absolute atomic E-state index is 0.0160. The third kappa shape index (κ3) is 4.40. The van der Waals surface area contributed by atoms with Gasteiger partial charge < -0.3 is 15.0 Å². The van der Waals surface area contributed by atoms with Crippen molar-refractivity contribution in [2.75, 3.05) is 17.3 Å². The normalized spacial score (nSPS) is 19.6. The molecular formula is C24H27N3O4. The maximum absolute atomic E-state index is 13.3. The van der Waals surface area contributed by atoms with Crippen LogP contribution in [0.4, 0.5) is 16.2 Å². The lowest BCUT2D eigenvalue weighted by molar-refractivity contribution is -0.125. The first-order chi connectivity index (χ1) is 15.1. The zero-order chi connectivity index (χ0) is 21.8. The molecule has 4 rings (SSSR count). The third-order valence-electron chi connectivity index (χ3n) is 5.99. The third-order valence-corrected chi connectivity index (χ3v) is 5.99. The molecule has 1 saturated carbocycles. The van der Waals surface area contributed by atoms with E-state index in [4.69, 9.17) is 4.74 Å². The number of nitrogens with zero attached hydrogens (tertiary/aromatic N) is 2. The summed E-state index contributed by atoms with van der Waals surface area (Å²) in [5, 5.41) is 2.83. The zero-order valence-electron chi connectivity index (χ0n) is 17.6. The zero-order valence-corrected chi connectivity index (χ0v) is 17.6. The number of urea groups is 1. The second kappa shape index (κ2) is 9.20. The molecule has 31 heavy (non-hydrogen) atoms. The Labute approximate surface area is 182 Å².